The summed E-state index contributed by atoms with van der Waals surface area (Å²) in [6, 6.07) is 7.59. The third kappa shape index (κ3) is 3.47. The maximum absolute atomic E-state index is 12.0. The molecule has 0 aromatic carbocycles. The predicted molar refractivity (Wildman–Crippen MR) is 87.0 cm³/mol. The second kappa shape index (κ2) is 6.34. The van der Waals surface area contributed by atoms with Crippen LogP contribution in [0.15, 0.2) is 42.0 Å². The van der Waals surface area contributed by atoms with Crippen LogP contribution in [0, 0.1) is 0 Å². The Kier molecular flexibility index (Phi) is 4.28. The molecule has 3 aromatic rings. The molecule has 0 unspecified atom stereocenters. The van der Waals surface area contributed by atoms with Crippen molar-refractivity contribution in [2.75, 3.05) is 5.32 Å². The summed E-state index contributed by atoms with van der Waals surface area (Å²) in [6.07, 6.45) is 3.75. The van der Waals surface area contributed by atoms with Gasteiger partial charge in [0.1, 0.15) is 10.0 Å². The molecular formula is C14H10ClN3OS2. The van der Waals surface area contributed by atoms with Crippen molar-refractivity contribution >= 4 is 45.2 Å². The number of hydrogen-bond donors (Lipinski definition) is 1. The van der Waals surface area contributed by atoms with Crippen molar-refractivity contribution in [2.45, 2.75) is 6.42 Å². The van der Waals surface area contributed by atoms with E-state index in [1.54, 1.807) is 23.7 Å². The summed E-state index contributed by atoms with van der Waals surface area (Å²) >= 11 is 8.98. The van der Waals surface area contributed by atoms with Gasteiger partial charge < -0.3 is 5.32 Å². The maximum Gasteiger partial charge on any atom is 0.230 e. The minimum atomic E-state index is -0.0965. The molecule has 0 fully saturated rings. The highest BCUT2D eigenvalue weighted by Gasteiger charge is 2.14. The molecule has 0 saturated carbocycles. The van der Waals surface area contributed by atoms with Gasteiger partial charge in [0.2, 0.25) is 5.91 Å². The lowest BCUT2D eigenvalue weighted by Gasteiger charge is -2.00. The van der Waals surface area contributed by atoms with Gasteiger partial charge in [-0.1, -0.05) is 29.0 Å². The summed E-state index contributed by atoms with van der Waals surface area (Å²) in [4.78, 5) is 21.3. The fourth-order valence-corrected chi connectivity index (χ4v) is 3.60. The minimum absolute atomic E-state index is 0.0965. The summed E-state index contributed by atoms with van der Waals surface area (Å²) < 4.78 is 0. The molecule has 7 heteroatoms. The lowest BCUT2D eigenvalue weighted by molar-refractivity contribution is -0.115. The van der Waals surface area contributed by atoms with Gasteiger partial charge in [-0.15, -0.1) is 11.3 Å². The first kappa shape index (κ1) is 14.2. The molecule has 0 aliphatic heterocycles. The van der Waals surface area contributed by atoms with Crippen molar-refractivity contribution in [1.29, 1.82) is 0 Å². The van der Waals surface area contributed by atoms with Crippen LogP contribution in [0.2, 0.25) is 5.15 Å². The number of hydrogen-bond acceptors (Lipinski definition) is 5. The topological polar surface area (TPSA) is 54.9 Å². The quantitative estimate of drug-likeness (QED) is 0.781. The fourth-order valence-electron chi connectivity index (χ4n) is 1.73. The highest BCUT2D eigenvalue weighted by molar-refractivity contribution is 7.19. The predicted octanol–water partition coefficient (Wildman–Crippen LogP) is 4.10. The first-order chi connectivity index (χ1) is 10.2. The molecule has 1 N–H and O–H groups in total. The SMILES string of the molecule is O=C(Cc1cccs1)Nc1sc(-c2cccnc2)nc1Cl. The number of nitrogens with one attached hydrogen (secondary N) is 1. The van der Waals surface area contributed by atoms with Gasteiger partial charge >= 0.3 is 0 Å². The second-order valence-electron chi connectivity index (χ2n) is 4.18. The molecule has 0 radical (unpaired) electrons. The van der Waals surface area contributed by atoms with Crippen LogP contribution in [-0.4, -0.2) is 15.9 Å². The van der Waals surface area contributed by atoms with Crippen molar-refractivity contribution in [1.82, 2.24) is 9.97 Å². The molecular weight excluding hydrogens is 326 g/mol. The first-order valence-corrected chi connectivity index (χ1v) is 8.19. The Labute approximate surface area is 134 Å². The van der Waals surface area contributed by atoms with Crippen LogP contribution >= 0.6 is 34.3 Å². The maximum atomic E-state index is 12.0. The number of amides is 1. The van der Waals surface area contributed by atoms with Gasteiger partial charge in [-0.2, -0.15) is 0 Å². The van der Waals surface area contributed by atoms with Crippen LogP contribution in [0.3, 0.4) is 0 Å². The molecule has 0 atom stereocenters. The molecule has 0 bridgehead atoms. The van der Waals surface area contributed by atoms with E-state index in [1.165, 1.54) is 11.3 Å². The standard InChI is InChI=1S/C14H10ClN3OS2/c15-12-14(17-11(19)7-10-4-2-6-20-10)21-13(18-12)9-3-1-5-16-8-9/h1-6,8H,7H2,(H,17,19). The minimum Gasteiger partial charge on any atom is -0.315 e. The van der Waals surface area contributed by atoms with Gasteiger partial charge in [-0.05, 0) is 23.6 Å². The van der Waals surface area contributed by atoms with Gasteiger partial charge in [0, 0.05) is 22.8 Å². The zero-order valence-electron chi connectivity index (χ0n) is 10.7. The first-order valence-electron chi connectivity index (χ1n) is 6.11. The van der Waals surface area contributed by atoms with Gasteiger partial charge in [-0.3, -0.25) is 9.78 Å². The normalized spacial score (nSPS) is 10.5. The molecule has 1 amide bonds. The number of aromatic nitrogens is 2. The van der Waals surface area contributed by atoms with Gasteiger partial charge in [-0.25, -0.2) is 4.98 Å². The number of carbonyl (C=O) groups is 1. The fraction of sp³-hybridized carbons (Fsp3) is 0.0714. The molecule has 0 aliphatic rings. The molecule has 0 saturated heterocycles. The Hall–Kier alpha value is -1.76. The van der Waals surface area contributed by atoms with E-state index in [2.05, 4.69) is 15.3 Å². The van der Waals surface area contributed by atoms with Crippen molar-refractivity contribution < 1.29 is 4.79 Å². The van der Waals surface area contributed by atoms with Crippen LogP contribution in [0.5, 0.6) is 0 Å². The third-order valence-electron chi connectivity index (χ3n) is 2.66. The van der Waals surface area contributed by atoms with Crippen molar-refractivity contribution in [3.05, 3.63) is 52.1 Å². The van der Waals surface area contributed by atoms with E-state index >= 15 is 0 Å². The van der Waals surface area contributed by atoms with Crippen LogP contribution in [0.4, 0.5) is 5.00 Å². The molecule has 3 aromatic heterocycles. The monoisotopic (exact) mass is 335 g/mol. The Morgan fingerprint density at radius 1 is 1.33 bits per heavy atom. The molecule has 4 nitrogen and oxygen atoms in total. The highest BCUT2D eigenvalue weighted by Crippen LogP contribution is 2.34. The molecule has 106 valence electrons. The summed E-state index contributed by atoms with van der Waals surface area (Å²) in [5.41, 5.74) is 0.878. The smallest absolute Gasteiger partial charge is 0.230 e. The van der Waals surface area contributed by atoms with Crippen LogP contribution < -0.4 is 5.32 Å². The van der Waals surface area contributed by atoms with Crippen LogP contribution in [-0.2, 0) is 11.2 Å². The molecule has 3 rings (SSSR count). The Bertz CT molecular complexity index is 741. The number of halogens is 1. The summed E-state index contributed by atoms with van der Waals surface area (Å²) in [5, 5.41) is 6.36. The number of rotatable bonds is 4. The van der Waals surface area contributed by atoms with E-state index in [4.69, 9.17) is 11.6 Å². The van der Waals surface area contributed by atoms with Crippen molar-refractivity contribution in [3.8, 4) is 10.6 Å². The zero-order valence-corrected chi connectivity index (χ0v) is 13.1. The Morgan fingerprint density at radius 2 is 2.24 bits per heavy atom. The summed E-state index contributed by atoms with van der Waals surface area (Å²) in [7, 11) is 0. The van der Waals surface area contributed by atoms with Gasteiger partial charge in [0.25, 0.3) is 0 Å². The lowest BCUT2D eigenvalue weighted by atomic mass is 10.3. The summed E-state index contributed by atoms with van der Waals surface area (Å²) in [5.74, 6) is -0.0965. The lowest BCUT2D eigenvalue weighted by Crippen LogP contribution is -2.12. The Morgan fingerprint density at radius 3 is 2.95 bits per heavy atom. The number of carbonyl (C=O) groups excluding carboxylic acids is 1. The van der Waals surface area contributed by atoms with Crippen LogP contribution in [0.25, 0.3) is 10.6 Å². The van der Waals surface area contributed by atoms with Gasteiger partial charge in [0.15, 0.2) is 5.15 Å². The second-order valence-corrected chi connectivity index (χ2v) is 6.57. The molecule has 0 aliphatic carbocycles. The number of anilines is 1. The number of nitrogens with zero attached hydrogens (tertiary/aromatic N) is 2. The third-order valence-corrected chi connectivity index (χ3v) is 4.94. The number of thiophene rings is 1. The van der Waals surface area contributed by atoms with E-state index < -0.39 is 0 Å². The van der Waals surface area contributed by atoms with Crippen LogP contribution in [0.1, 0.15) is 4.88 Å². The van der Waals surface area contributed by atoms with E-state index in [1.807, 2.05) is 29.6 Å². The Balaban J connectivity index is 1.74. The molecule has 0 spiro atoms. The van der Waals surface area contributed by atoms with E-state index in [-0.39, 0.29) is 5.91 Å². The number of pyridine rings is 1. The zero-order chi connectivity index (χ0) is 14.7. The van der Waals surface area contributed by atoms with Crippen molar-refractivity contribution in [3.63, 3.8) is 0 Å². The number of thiazole rings is 1. The average Bonchev–Trinajstić information content (AvgIpc) is 3.11. The summed E-state index contributed by atoms with van der Waals surface area (Å²) in [6.45, 7) is 0. The highest BCUT2D eigenvalue weighted by atomic mass is 35.5. The van der Waals surface area contributed by atoms with Gasteiger partial charge in [0.05, 0.1) is 6.42 Å². The molecule has 21 heavy (non-hydrogen) atoms. The molecule has 3 heterocycles. The van der Waals surface area contributed by atoms with E-state index in [0.717, 1.165) is 15.4 Å². The van der Waals surface area contributed by atoms with E-state index in [9.17, 15) is 4.79 Å². The largest absolute Gasteiger partial charge is 0.315 e. The van der Waals surface area contributed by atoms with Crippen molar-refractivity contribution in [2.24, 2.45) is 0 Å². The van der Waals surface area contributed by atoms with E-state index in [0.29, 0.717) is 16.6 Å². The average molecular weight is 336 g/mol.